The average Bonchev–Trinajstić information content (AvgIpc) is 3.42. The minimum atomic E-state index is -1.10. The lowest BCUT2D eigenvalue weighted by atomic mass is 9.98. The summed E-state index contributed by atoms with van der Waals surface area (Å²) in [6.07, 6.45) is -0.504. The molecule has 0 fully saturated rings. The molecule has 0 aliphatic heterocycles. The van der Waals surface area contributed by atoms with Crippen LogP contribution in [0.25, 0.3) is 11.1 Å². The number of carboxylic acid groups (broad SMARTS) is 1. The summed E-state index contributed by atoms with van der Waals surface area (Å²) >= 11 is 1.22. The van der Waals surface area contributed by atoms with Crippen molar-refractivity contribution in [1.82, 2.24) is 15.5 Å². The molecule has 1 aliphatic carbocycles. The highest BCUT2D eigenvalue weighted by atomic mass is 32.1. The molecule has 176 valence electrons. The zero-order valence-electron chi connectivity index (χ0n) is 18.5. The first kappa shape index (κ1) is 23.4. The fourth-order valence-corrected chi connectivity index (χ4v) is 4.64. The van der Waals surface area contributed by atoms with Crippen LogP contribution in [0.3, 0.4) is 0 Å². The van der Waals surface area contributed by atoms with Gasteiger partial charge in [-0.1, -0.05) is 66.8 Å². The van der Waals surface area contributed by atoms with Gasteiger partial charge in [0.05, 0.1) is 0 Å². The van der Waals surface area contributed by atoms with Gasteiger partial charge in [0, 0.05) is 12.3 Å². The summed E-state index contributed by atoms with van der Waals surface area (Å²) in [4.78, 5) is 36.4. The van der Waals surface area contributed by atoms with E-state index in [1.807, 2.05) is 55.5 Å². The molecule has 0 spiro atoms. The minimum Gasteiger partial charge on any atom is -0.481 e. The van der Waals surface area contributed by atoms with Crippen LogP contribution in [-0.2, 0) is 20.7 Å². The Bertz CT molecular complexity index is 1170. The first-order chi connectivity index (χ1) is 16.5. The highest BCUT2D eigenvalue weighted by Gasteiger charge is 2.30. The van der Waals surface area contributed by atoms with Gasteiger partial charge in [-0.15, -0.1) is 10.2 Å². The SMILES string of the molecule is CCc1nnc(NC(=O)C(CCC(=O)O)NC(=O)OCC2c3ccccc3-c3ccccc32)s1. The van der Waals surface area contributed by atoms with Gasteiger partial charge in [-0.2, -0.15) is 0 Å². The number of anilines is 1. The third kappa shape index (κ3) is 5.23. The van der Waals surface area contributed by atoms with Gasteiger partial charge in [0.1, 0.15) is 17.7 Å². The molecule has 1 aliphatic rings. The van der Waals surface area contributed by atoms with Crippen LogP contribution in [0.15, 0.2) is 48.5 Å². The van der Waals surface area contributed by atoms with Crippen molar-refractivity contribution >= 4 is 34.4 Å². The van der Waals surface area contributed by atoms with Crippen LogP contribution in [0.2, 0.25) is 0 Å². The van der Waals surface area contributed by atoms with Gasteiger partial charge in [0.15, 0.2) is 0 Å². The Morgan fingerprint density at radius 3 is 2.29 bits per heavy atom. The number of aryl methyl sites for hydroxylation is 1. The van der Waals surface area contributed by atoms with Crippen molar-refractivity contribution in [2.45, 2.75) is 38.1 Å². The minimum absolute atomic E-state index is 0.0867. The molecular formula is C24H24N4O5S. The number of hydrogen-bond donors (Lipinski definition) is 3. The molecule has 1 aromatic heterocycles. The van der Waals surface area contributed by atoms with Crippen LogP contribution in [0.5, 0.6) is 0 Å². The van der Waals surface area contributed by atoms with Gasteiger partial charge in [0.25, 0.3) is 0 Å². The molecule has 2 aromatic carbocycles. The summed E-state index contributed by atoms with van der Waals surface area (Å²) in [5.41, 5.74) is 4.35. The number of alkyl carbamates (subject to hydrolysis) is 1. The van der Waals surface area contributed by atoms with Gasteiger partial charge < -0.3 is 15.2 Å². The smallest absolute Gasteiger partial charge is 0.407 e. The van der Waals surface area contributed by atoms with E-state index in [1.54, 1.807) is 0 Å². The number of rotatable bonds is 9. The third-order valence-electron chi connectivity index (χ3n) is 5.60. The molecule has 1 atom stereocenters. The molecular weight excluding hydrogens is 456 g/mol. The average molecular weight is 481 g/mol. The zero-order valence-corrected chi connectivity index (χ0v) is 19.3. The van der Waals surface area contributed by atoms with Gasteiger partial charge in [-0.25, -0.2) is 4.79 Å². The Morgan fingerprint density at radius 2 is 1.71 bits per heavy atom. The van der Waals surface area contributed by atoms with Crippen molar-refractivity contribution in [3.8, 4) is 11.1 Å². The Morgan fingerprint density at radius 1 is 1.06 bits per heavy atom. The Kier molecular flexibility index (Phi) is 7.17. The van der Waals surface area contributed by atoms with E-state index in [1.165, 1.54) is 11.3 Å². The summed E-state index contributed by atoms with van der Waals surface area (Å²) in [6.45, 7) is 2.00. The number of aliphatic carboxylic acids is 1. The second-order valence-electron chi connectivity index (χ2n) is 7.80. The van der Waals surface area contributed by atoms with Crippen molar-refractivity contribution < 1.29 is 24.2 Å². The Labute approximate surface area is 200 Å². The maximum atomic E-state index is 12.7. The largest absolute Gasteiger partial charge is 0.481 e. The highest BCUT2D eigenvalue weighted by molar-refractivity contribution is 7.15. The molecule has 0 saturated carbocycles. The molecule has 0 bridgehead atoms. The number of ether oxygens (including phenoxy) is 1. The van der Waals surface area contributed by atoms with Crippen LogP contribution < -0.4 is 10.6 Å². The van der Waals surface area contributed by atoms with E-state index in [2.05, 4.69) is 20.8 Å². The van der Waals surface area contributed by atoms with E-state index in [-0.39, 0.29) is 30.5 Å². The fourth-order valence-electron chi connectivity index (χ4n) is 3.96. The van der Waals surface area contributed by atoms with Gasteiger partial charge in [-0.05, 0) is 35.1 Å². The fraction of sp³-hybridized carbons (Fsp3) is 0.292. The normalized spacial score (nSPS) is 13.0. The number of amides is 2. The zero-order chi connectivity index (χ0) is 24.1. The number of carbonyl (C=O) groups is 3. The maximum Gasteiger partial charge on any atom is 0.407 e. The van der Waals surface area contributed by atoms with Crippen molar-refractivity contribution in [2.75, 3.05) is 11.9 Å². The number of benzene rings is 2. The second kappa shape index (κ2) is 10.4. The number of carboxylic acids is 1. The van der Waals surface area contributed by atoms with Crippen molar-refractivity contribution in [3.05, 3.63) is 64.7 Å². The topological polar surface area (TPSA) is 131 Å². The molecule has 34 heavy (non-hydrogen) atoms. The van der Waals surface area contributed by atoms with Crippen LogP contribution in [0.4, 0.5) is 9.93 Å². The highest BCUT2D eigenvalue weighted by Crippen LogP contribution is 2.44. The number of aromatic nitrogens is 2. The number of nitrogens with zero attached hydrogens (tertiary/aromatic N) is 2. The molecule has 1 heterocycles. The van der Waals surface area contributed by atoms with Crippen LogP contribution in [0, 0.1) is 0 Å². The van der Waals surface area contributed by atoms with Crippen LogP contribution >= 0.6 is 11.3 Å². The lowest BCUT2D eigenvalue weighted by Gasteiger charge is -2.18. The predicted molar refractivity (Wildman–Crippen MR) is 127 cm³/mol. The molecule has 9 nitrogen and oxygen atoms in total. The number of fused-ring (bicyclic) bond motifs is 3. The molecule has 0 radical (unpaired) electrons. The van der Waals surface area contributed by atoms with Gasteiger partial charge >= 0.3 is 12.1 Å². The molecule has 3 aromatic rings. The van der Waals surface area contributed by atoms with Gasteiger partial charge in [0.2, 0.25) is 11.0 Å². The van der Waals surface area contributed by atoms with Gasteiger partial charge in [-0.3, -0.25) is 14.9 Å². The number of nitrogens with one attached hydrogen (secondary N) is 2. The maximum absolute atomic E-state index is 12.7. The quantitative estimate of drug-likeness (QED) is 0.424. The van der Waals surface area contributed by atoms with Crippen molar-refractivity contribution in [2.24, 2.45) is 0 Å². The van der Waals surface area contributed by atoms with E-state index in [0.29, 0.717) is 6.42 Å². The molecule has 3 N–H and O–H groups in total. The van der Waals surface area contributed by atoms with Crippen LogP contribution in [-0.4, -0.2) is 45.9 Å². The Balaban J connectivity index is 1.41. The summed E-state index contributed by atoms with van der Waals surface area (Å²) in [7, 11) is 0. The molecule has 1 unspecified atom stereocenters. The van der Waals surface area contributed by atoms with E-state index in [0.717, 1.165) is 27.3 Å². The third-order valence-corrected chi connectivity index (χ3v) is 6.58. The second-order valence-corrected chi connectivity index (χ2v) is 8.86. The standard InChI is InChI=1S/C24H24N4O5S/c1-2-20-27-28-23(34-20)26-22(31)19(11-12-21(29)30)25-24(32)33-13-18-16-9-5-3-7-14(16)15-8-4-6-10-17(15)18/h3-10,18-19H,2,11-13H2,1H3,(H,25,32)(H,29,30)(H,26,28,31). The van der Waals surface area contributed by atoms with E-state index in [4.69, 9.17) is 9.84 Å². The lowest BCUT2D eigenvalue weighted by molar-refractivity contribution is -0.137. The number of carbonyl (C=O) groups excluding carboxylic acids is 2. The summed E-state index contributed by atoms with van der Waals surface area (Å²) < 4.78 is 5.50. The van der Waals surface area contributed by atoms with Crippen LogP contribution in [0.1, 0.15) is 41.8 Å². The monoisotopic (exact) mass is 480 g/mol. The summed E-state index contributed by atoms with van der Waals surface area (Å²) in [5, 5.41) is 23.0. The molecule has 4 rings (SSSR count). The first-order valence-corrected chi connectivity index (χ1v) is 11.7. The first-order valence-electron chi connectivity index (χ1n) is 10.9. The number of hydrogen-bond acceptors (Lipinski definition) is 7. The molecule has 10 heteroatoms. The summed E-state index contributed by atoms with van der Waals surface area (Å²) in [5.74, 6) is -1.77. The van der Waals surface area contributed by atoms with Crippen molar-refractivity contribution in [1.29, 1.82) is 0 Å². The van der Waals surface area contributed by atoms with E-state index in [9.17, 15) is 14.4 Å². The Hall–Kier alpha value is -3.79. The van der Waals surface area contributed by atoms with E-state index < -0.39 is 24.0 Å². The lowest BCUT2D eigenvalue weighted by Crippen LogP contribution is -2.44. The van der Waals surface area contributed by atoms with E-state index >= 15 is 0 Å². The predicted octanol–water partition coefficient (Wildman–Crippen LogP) is 3.81. The molecule has 2 amide bonds. The molecule has 0 saturated heterocycles. The van der Waals surface area contributed by atoms with Crippen molar-refractivity contribution in [3.63, 3.8) is 0 Å². The summed E-state index contributed by atoms with van der Waals surface area (Å²) in [6, 6.07) is 14.8.